The molecule has 0 aliphatic carbocycles. The summed E-state index contributed by atoms with van der Waals surface area (Å²) in [5.74, 6) is -1.72. The van der Waals surface area contributed by atoms with Gasteiger partial charge in [0, 0.05) is 50.4 Å². The second kappa shape index (κ2) is 8.43. The van der Waals surface area contributed by atoms with Crippen molar-refractivity contribution in [2.24, 2.45) is 0 Å². The van der Waals surface area contributed by atoms with Gasteiger partial charge in [-0.3, -0.25) is 19.2 Å². The number of nitrogens with zero attached hydrogens (tertiary/aromatic N) is 2. The first kappa shape index (κ1) is 20.3. The van der Waals surface area contributed by atoms with Gasteiger partial charge in [-0.15, -0.1) is 0 Å². The van der Waals surface area contributed by atoms with Crippen molar-refractivity contribution in [1.29, 1.82) is 0 Å². The average Bonchev–Trinajstić information content (AvgIpc) is 3.23. The van der Waals surface area contributed by atoms with Gasteiger partial charge in [0.25, 0.3) is 17.6 Å². The van der Waals surface area contributed by atoms with Gasteiger partial charge in [-0.05, 0) is 24.3 Å². The fraction of sp³-hybridized carbons (Fsp3) is 0.217. The third-order valence-corrected chi connectivity index (χ3v) is 5.23. The number of aromatic nitrogens is 1. The number of rotatable bonds is 4. The van der Waals surface area contributed by atoms with Gasteiger partial charge in [0.1, 0.15) is 5.75 Å². The molecule has 2 aromatic carbocycles. The van der Waals surface area contributed by atoms with E-state index in [4.69, 9.17) is 4.74 Å². The first-order chi connectivity index (χ1) is 15.0. The molecule has 0 radical (unpaired) electrons. The second-order valence-electron chi connectivity index (χ2n) is 7.25. The molecule has 3 aromatic rings. The number of aromatic amines is 1. The Bertz CT molecular complexity index is 1160. The molecule has 1 N–H and O–H groups in total. The Morgan fingerprint density at radius 3 is 2.23 bits per heavy atom. The first-order valence-corrected chi connectivity index (χ1v) is 9.92. The largest absolute Gasteiger partial charge is 0.426 e. The third kappa shape index (κ3) is 4.05. The fourth-order valence-electron chi connectivity index (χ4n) is 3.71. The number of nitrogens with one attached hydrogen (secondary N) is 1. The zero-order chi connectivity index (χ0) is 22.0. The topological polar surface area (TPSA) is 99.8 Å². The molecule has 2 amide bonds. The van der Waals surface area contributed by atoms with E-state index in [2.05, 4.69) is 4.98 Å². The molecule has 1 aliphatic heterocycles. The van der Waals surface area contributed by atoms with Crippen molar-refractivity contribution in [3.8, 4) is 5.75 Å². The Morgan fingerprint density at radius 2 is 1.55 bits per heavy atom. The molecule has 31 heavy (non-hydrogen) atoms. The van der Waals surface area contributed by atoms with Crippen molar-refractivity contribution in [2.75, 3.05) is 26.2 Å². The van der Waals surface area contributed by atoms with Crippen LogP contribution in [-0.4, -0.2) is 64.5 Å². The van der Waals surface area contributed by atoms with E-state index in [0.29, 0.717) is 29.6 Å². The maximum Gasteiger partial charge on any atom is 0.308 e. The number of ketones is 1. The summed E-state index contributed by atoms with van der Waals surface area (Å²) < 4.78 is 5.20. The maximum atomic E-state index is 13.0. The molecule has 1 fully saturated rings. The van der Waals surface area contributed by atoms with Crippen LogP contribution in [0.15, 0.2) is 54.7 Å². The van der Waals surface area contributed by atoms with Gasteiger partial charge in [0.2, 0.25) is 0 Å². The Labute approximate surface area is 178 Å². The summed E-state index contributed by atoms with van der Waals surface area (Å²) >= 11 is 0. The lowest BCUT2D eigenvalue weighted by molar-refractivity contribution is -0.131. The van der Waals surface area contributed by atoms with Crippen LogP contribution in [0.3, 0.4) is 0 Å². The summed E-state index contributed by atoms with van der Waals surface area (Å²) in [6.45, 7) is 2.50. The van der Waals surface area contributed by atoms with Crippen LogP contribution in [0, 0.1) is 0 Å². The molecule has 8 nitrogen and oxygen atoms in total. The zero-order valence-electron chi connectivity index (χ0n) is 17.0. The summed E-state index contributed by atoms with van der Waals surface area (Å²) in [7, 11) is 0. The molecular weight excluding hydrogens is 398 g/mol. The Hall–Kier alpha value is -3.94. The molecule has 0 bridgehead atoms. The summed E-state index contributed by atoms with van der Waals surface area (Å²) in [6, 6.07) is 14.0. The number of hydrogen-bond donors (Lipinski definition) is 1. The molecule has 0 saturated carbocycles. The summed E-state index contributed by atoms with van der Waals surface area (Å²) in [5, 5.41) is 0.397. The highest BCUT2D eigenvalue weighted by molar-refractivity contribution is 6.45. The minimum Gasteiger partial charge on any atom is -0.426 e. The summed E-state index contributed by atoms with van der Waals surface area (Å²) in [6.07, 6.45) is 1.45. The van der Waals surface area contributed by atoms with Crippen LogP contribution in [0.1, 0.15) is 27.6 Å². The van der Waals surface area contributed by atoms with Crippen LogP contribution in [0.25, 0.3) is 10.9 Å². The molecule has 0 atom stereocenters. The summed E-state index contributed by atoms with van der Waals surface area (Å²) in [4.78, 5) is 55.9. The molecule has 8 heteroatoms. The zero-order valence-corrected chi connectivity index (χ0v) is 17.0. The lowest BCUT2D eigenvalue weighted by atomic mass is 10.1. The van der Waals surface area contributed by atoms with E-state index in [1.165, 1.54) is 18.0 Å². The van der Waals surface area contributed by atoms with Crippen molar-refractivity contribution in [3.63, 3.8) is 0 Å². The van der Waals surface area contributed by atoms with Gasteiger partial charge in [0.15, 0.2) is 0 Å². The number of carbonyl (C=O) groups excluding carboxylic acids is 4. The van der Waals surface area contributed by atoms with Crippen molar-refractivity contribution >= 4 is 34.5 Å². The number of H-pyrrole nitrogens is 1. The molecule has 1 aromatic heterocycles. The van der Waals surface area contributed by atoms with Crippen molar-refractivity contribution in [2.45, 2.75) is 6.92 Å². The van der Waals surface area contributed by atoms with Gasteiger partial charge in [-0.2, -0.15) is 0 Å². The monoisotopic (exact) mass is 419 g/mol. The predicted octanol–water partition coefficient (Wildman–Crippen LogP) is 2.26. The normalized spacial score (nSPS) is 13.8. The number of benzene rings is 2. The molecule has 1 aliphatic rings. The SMILES string of the molecule is CC(=O)Oc1cccc2[nH]cc(C(=O)C(=O)N3CCN(C(=O)c4ccccc4)CC3)c12. The van der Waals surface area contributed by atoms with E-state index in [1.807, 2.05) is 6.07 Å². The number of ether oxygens (including phenoxy) is 1. The van der Waals surface area contributed by atoms with Gasteiger partial charge in [-0.1, -0.05) is 24.3 Å². The smallest absolute Gasteiger partial charge is 0.308 e. The highest BCUT2D eigenvalue weighted by Gasteiger charge is 2.30. The summed E-state index contributed by atoms with van der Waals surface area (Å²) in [5.41, 5.74) is 1.34. The van der Waals surface area contributed by atoms with E-state index >= 15 is 0 Å². The number of amides is 2. The van der Waals surface area contributed by atoms with E-state index in [1.54, 1.807) is 47.4 Å². The van der Waals surface area contributed by atoms with E-state index in [9.17, 15) is 19.2 Å². The van der Waals surface area contributed by atoms with Crippen molar-refractivity contribution in [1.82, 2.24) is 14.8 Å². The van der Waals surface area contributed by atoms with Gasteiger partial charge < -0.3 is 19.5 Å². The van der Waals surface area contributed by atoms with E-state index in [-0.39, 0.29) is 30.3 Å². The van der Waals surface area contributed by atoms with Crippen LogP contribution in [-0.2, 0) is 9.59 Å². The first-order valence-electron chi connectivity index (χ1n) is 9.92. The molecule has 0 unspecified atom stereocenters. The van der Waals surface area contributed by atoms with Gasteiger partial charge in [-0.25, -0.2) is 0 Å². The quantitative estimate of drug-likeness (QED) is 0.303. The molecule has 0 spiro atoms. The highest BCUT2D eigenvalue weighted by atomic mass is 16.5. The fourth-order valence-corrected chi connectivity index (χ4v) is 3.71. The third-order valence-electron chi connectivity index (χ3n) is 5.23. The standard InChI is InChI=1S/C23H21N3O5/c1-15(27)31-19-9-5-8-18-20(19)17(14-24-18)21(28)23(30)26-12-10-25(11-13-26)22(29)16-6-3-2-4-7-16/h2-9,14,24H,10-13H2,1H3. The Kier molecular flexibility index (Phi) is 5.53. The number of piperazine rings is 1. The highest BCUT2D eigenvalue weighted by Crippen LogP contribution is 2.29. The van der Waals surface area contributed by atoms with Crippen LogP contribution in [0.4, 0.5) is 0 Å². The molecule has 158 valence electrons. The van der Waals surface area contributed by atoms with Crippen LogP contribution < -0.4 is 4.74 Å². The number of esters is 1. The molecule has 4 rings (SSSR count). The van der Waals surface area contributed by atoms with Crippen LogP contribution >= 0.6 is 0 Å². The van der Waals surface area contributed by atoms with Crippen molar-refractivity contribution < 1.29 is 23.9 Å². The lowest BCUT2D eigenvalue weighted by Crippen LogP contribution is -2.52. The predicted molar refractivity (Wildman–Crippen MR) is 113 cm³/mol. The van der Waals surface area contributed by atoms with E-state index < -0.39 is 17.7 Å². The van der Waals surface area contributed by atoms with Gasteiger partial charge in [0.05, 0.1) is 10.9 Å². The maximum absolute atomic E-state index is 13.0. The minimum atomic E-state index is -0.686. The Morgan fingerprint density at radius 1 is 0.871 bits per heavy atom. The average molecular weight is 419 g/mol. The number of hydrogen-bond acceptors (Lipinski definition) is 5. The molecular formula is C23H21N3O5. The van der Waals surface area contributed by atoms with Gasteiger partial charge >= 0.3 is 5.97 Å². The number of carbonyl (C=O) groups is 4. The minimum absolute atomic E-state index is 0.0957. The number of fused-ring (bicyclic) bond motifs is 1. The lowest BCUT2D eigenvalue weighted by Gasteiger charge is -2.34. The molecule has 1 saturated heterocycles. The van der Waals surface area contributed by atoms with E-state index in [0.717, 1.165) is 0 Å². The van der Waals surface area contributed by atoms with Crippen LogP contribution in [0.5, 0.6) is 5.75 Å². The van der Waals surface area contributed by atoms with Crippen LogP contribution in [0.2, 0.25) is 0 Å². The van der Waals surface area contributed by atoms with Crippen molar-refractivity contribution in [3.05, 3.63) is 65.9 Å². The Balaban J connectivity index is 1.48. The second-order valence-corrected chi connectivity index (χ2v) is 7.25. The molecule has 2 heterocycles. The number of Topliss-reactive ketones (excluding diaryl/α,β-unsaturated/α-hetero) is 1.